The van der Waals surface area contributed by atoms with E-state index in [1.54, 1.807) is 12.1 Å². The number of amides is 2. The van der Waals surface area contributed by atoms with Crippen LogP contribution in [0.1, 0.15) is 38.1 Å². The summed E-state index contributed by atoms with van der Waals surface area (Å²) in [5.41, 5.74) is 7.74. The molecule has 1 aromatic carbocycles. The Kier molecular flexibility index (Phi) is 5.89. The number of hydrogen-bond acceptors (Lipinski definition) is 5. The van der Waals surface area contributed by atoms with Gasteiger partial charge in [0, 0.05) is 42.6 Å². The second-order valence-electron chi connectivity index (χ2n) is 7.41. The second kappa shape index (κ2) is 7.74. The van der Waals surface area contributed by atoms with Gasteiger partial charge in [0.05, 0.1) is 12.1 Å². The van der Waals surface area contributed by atoms with Crippen LogP contribution in [0.15, 0.2) is 18.2 Å². The summed E-state index contributed by atoms with van der Waals surface area (Å²) in [5, 5.41) is 8.83. The largest absolute Gasteiger partial charge is 0.398 e. The third-order valence-corrected chi connectivity index (χ3v) is 4.08. The molecule has 25 heavy (non-hydrogen) atoms. The maximum atomic E-state index is 12.4. The molecule has 0 aliphatic carbocycles. The van der Waals surface area contributed by atoms with Crippen LogP contribution in [0.4, 0.5) is 11.4 Å². The summed E-state index contributed by atoms with van der Waals surface area (Å²) in [6.07, 6.45) is 0. The van der Waals surface area contributed by atoms with Crippen LogP contribution in [-0.2, 0) is 4.79 Å². The van der Waals surface area contributed by atoms with Crippen molar-refractivity contribution in [2.45, 2.75) is 39.3 Å². The van der Waals surface area contributed by atoms with Gasteiger partial charge in [0.1, 0.15) is 0 Å². The van der Waals surface area contributed by atoms with Crippen molar-refractivity contribution in [3.8, 4) is 0 Å². The van der Waals surface area contributed by atoms with Gasteiger partial charge in [-0.3, -0.25) is 9.59 Å². The Labute approximate surface area is 149 Å². The Morgan fingerprint density at radius 3 is 2.72 bits per heavy atom. The van der Waals surface area contributed by atoms with Gasteiger partial charge in [-0.15, -0.1) is 0 Å². The van der Waals surface area contributed by atoms with E-state index < -0.39 is 0 Å². The standard InChI is InChI=1S/C18H29N5O2/c1-12(2)22-16(24)10-20-17(25)14-9-13(5-6-15(14)19)23-8-7-21-18(3,4)11-23/h5-6,9,12,21H,7-8,10-11,19H2,1-4H3,(H,20,25)(H,22,24). The quantitative estimate of drug-likeness (QED) is 0.588. The highest BCUT2D eigenvalue weighted by Crippen LogP contribution is 2.24. The molecule has 1 aromatic rings. The van der Waals surface area contributed by atoms with E-state index in [0.29, 0.717) is 11.3 Å². The minimum Gasteiger partial charge on any atom is -0.398 e. The average Bonchev–Trinajstić information content (AvgIpc) is 2.51. The van der Waals surface area contributed by atoms with Gasteiger partial charge in [0.15, 0.2) is 0 Å². The van der Waals surface area contributed by atoms with Crippen LogP contribution in [0, 0.1) is 0 Å². The summed E-state index contributed by atoms with van der Waals surface area (Å²) in [6, 6.07) is 5.51. The molecular formula is C18H29N5O2. The highest BCUT2D eigenvalue weighted by Gasteiger charge is 2.26. The van der Waals surface area contributed by atoms with E-state index in [9.17, 15) is 9.59 Å². The smallest absolute Gasteiger partial charge is 0.253 e. The van der Waals surface area contributed by atoms with E-state index in [0.717, 1.165) is 25.3 Å². The Hall–Kier alpha value is -2.28. The molecule has 0 unspecified atom stereocenters. The Bertz CT molecular complexity index is 642. The SMILES string of the molecule is CC(C)NC(=O)CNC(=O)c1cc(N2CCNC(C)(C)C2)ccc1N. The number of benzene rings is 1. The van der Waals surface area contributed by atoms with Gasteiger partial charge in [-0.25, -0.2) is 0 Å². The molecule has 7 nitrogen and oxygen atoms in total. The number of hydrogen-bond donors (Lipinski definition) is 4. The summed E-state index contributed by atoms with van der Waals surface area (Å²) >= 11 is 0. The maximum absolute atomic E-state index is 12.4. The Balaban J connectivity index is 2.08. The molecule has 0 radical (unpaired) electrons. The summed E-state index contributed by atoms with van der Waals surface area (Å²) in [6.45, 7) is 10.6. The number of rotatable bonds is 5. The summed E-state index contributed by atoms with van der Waals surface area (Å²) in [5.74, 6) is -0.561. The van der Waals surface area contributed by atoms with Gasteiger partial charge >= 0.3 is 0 Å². The lowest BCUT2D eigenvalue weighted by Gasteiger charge is -2.40. The van der Waals surface area contributed by atoms with Gasteiger partial charge in [0.2, 0.25) is 5.91 Å². The van der Waals surface area contributed by atoms with Crippen molar-refractivity contribution >= 4 is 23.2 Å². The topological polar surface area (TPSA) is 99.5 Å². The van der Waals surface area contributed by atoms with Crippen molar-refractivity contribution in [2.24, 2.45) is 0 Å². The van der Waals surface area contributed by atoms with E-state index in [-0.39, 0.29) is 29.9 Å². The molecule has 0 aromatic heterocycles. The predicted octanol–water partition coefficient (Wildman–Crippen LogP) is 0.711. The Morgan fingerprint density at radius 2 is 2.08 bits per heavy atom. The van der Waals surface area contributed by atoms with Gasteiger partial charge in [-0.2, -0.15) is 0 Å². The molecule has 0 atom stereocenters. The van der Waals surface area contributed by atoms with E-state index in [4.69, 9.17) is 5.73 Å². The molecule has 1 heterocycles. The second-order valence-corrected chi connectivity index (χ2v) is 7.41. The summed E-state index contributed by atoms with van der Waals surface area (Å²) in [4.78, 5) is 26.3. The number of anilines is 2. The van der Waals surface area contributed by atoms with Crippen LogP contribution in [0.2, 0.25) is 0 Å². The summed E-state index contributed by atoms with van der Waals surface area (Å²) < 4.78 is 0. The van der Waals surface area contributed by atoms with Crippen molar-refractivity contribution in [3.63, 3.8) is 0 Å². The zero-order valence-corrected chi connectivity index (χ0v) is 15.5. The monoisotopic (exact) mass is 347 g/mol. The first-order chi connectivity index (χ1) is 11.7. The average molecular weight is 347 g/mol. The minimum absolute atomic E-state index is 0.0109. The van der Waals surface area contributed by atoms with Crippen molar-refractivity contribution < 1.29 is 9.59 Å². The van der Waals surface area contributed by atoms with Gasteiger partial charge in [-0.05, 0) is 45.9 Å². The van der Waals surface area contributed by atoms with Crippen LogP contribution < -0.4 is 26.6 Å². The molecule has 2 amide bonds. The van der Waals surface area contributed by atoms with Crippen LogP contribution in [0.25, 0.3) is 0 Å². The van der Waals surface area contributed by atoms with E-state index in [2.05, 4.69) is 34.7 Å². The molecule has 0 bridgehead atoms. The number of nitrogen functional groups attached to an aromatic ring is 1. The van der Waals surface area contributed by atoms with Crippen LogP contribution >= 0.6 is 0 Å². The van der Waals surface area contributed by atoms with Crippen LogP contribution in [0.3, 0.4) is 0 Å². The normalized spacial score (nSPS) is 16.6. The first-order valence-corrected chi connectivity index (χ1v) is 8.65. The molecule has 0 saturated carbocycles. The molecule has 7 heteroatoms. The zero-order chi connectivity index (χ0) is 18.6. The van der Waals surface area contributed by atoms with Gasteiger partial charge < -0.3 is 26.6 Å². The molecule has 1 saturated heterocycles. The number of carbonyl (C=O) groups is 2. The van der Waals surface area contributed by atoms with Crippen molar-refractivity contribution in [1.82, 2.24) is 16.0 Å². The van der Waals surface area contributed by atoms with E-state index in [1.165, 1.54) is 0 Å². The Morgan fingerprint density at radius 1 is 1.36 bits per heavy atom. The molecule has 2 rings (SSSR count). The highest BCUT2D eigenvalue weighted by molar-refractivity contribution is 6.01. The predicted molar refractivity (Wildman–Crippen MR) is 101 cm³/mol. The maximum Gasteiger partial charge on any atom is 0.253 e. The molecule has 1 aliphatic heterocycles. The fourth-order valence-electron chi connectivity index (χ4n) is 2.93. The zero-order valence-electron chi connectivity index (χ0n) is 15.5. The fraction of sp³-hybridized carbons (Fsp3) is 0.556. The van der Waals surface area contributed by atoms with Crippen molar-refractivity contribution in [1.29, 1.82) is 0 Å². The highest BCUT2D eigenvalue weighted by atomic mass is 16.2. The lowest BCUT2D eigenvalue weighted by atomic mass is 10.0. The minimum atomic E-state index is -0.340. The molecule has 1 fully saturated rings. The number of carbonyl (C=O) groups excluding carboxylic acids is 2. The van der Waals surface area contributed by atoms with Crippen molar-refractivity contribution in [2.75, 3.05) is 36.8 Å². The lowest BCUT2D eigenvalue weighted by Crippen LogP contribution is -2.57. The molecule has 5 N–H and O–H groups in total. The fourth-order valence-corrected chi connectivity index (χ4v) is 2.93. The number of nitrogens with zero attached hydrogens (tertiary/aromatic N) is 1. The molecule has 1 aliphatic rings. The van der Waals surface area contributed by atoms with Gasteiger partial charge in [-0.1, -0.05) is 0 Å². The van der Waals surface area contributed by atoms with Gasteiger partial charge in [0.25, 0.3) is 5.91 Å². The molecular weight excluding hydrogens is 318 g/mol. The first-order valence-electron chi connectivity index (χ1n) is 8.65. The third kappa shape index (κ3) is 5.35. The third-order valence-electron chi connectivity index (χ3n) is 4.08. The number of nitrogens with one attached hydrogen (secondary N) is 3. The number of nitrogens with two attached hydrogens (primary N) is 1. The van der Waals surface area contributed by atoms with Crippen molar-refractivity contribution in [3.05, 3.63) is 23.8 Å². The lowest BCUT2D eigenvalue weighted by molar-refractivity contribution is -0.120. The van der Waals surface area contributed by atoms with E-state index >= 15 is 0 Å². The number of piperazine rings is 1. The van der Waals surface area contributed by atoms with Crippen LogP contribution in [0.5, 0.6) is 0 Å². The van der Waals surface area contributed by atoms with E-state index in [1.807, 2.05) is 19.9 Å². The molecule has 138 valence electrons. The van der Waals surface area contributed by atoms with Crippen LogP contribution in [-0.4, -0.2) is 49.6 Å². The molecule has 0 spiro atoms. The first kappa shape index (κ1) is 19.1. The summed E-state index contributed by atoms with van der Waals surface area (Å²) in [7, 11) is 0.